The fraction of sp³-hybridized carbons (Fsp3) is 0.333. The van der Waals surface area contributed by atoms with E-state index in [9.17, 15) is 9.59 Å². The Morgan fingerprint density at radius 3 is 2.04 bits per heavy atom. The van der Waals surface area contributed by atoms with Crippen molar-refractivity contribution in [1.82, 2.24) is 10.6 Å². The van der Waals surface area contributed by atoms with Gasteiger partial charge in [-0.1, -0.05) is 54.4 Å². The molecule has 0 aliphatic carbocycles. The van der Waals surface area contributed by atoms with Crippen LogP contribution in [0.1, 0.15) is 52.9 Å². The lowest BCUT2D eigenvalue weighted by molar-refractivity contribution is -0.121. The minimum atomic E-state index is -0.268. The van der Waals surface area contributed by atoms with Crippen LogP contribution in [0, 0.1) is 13.8 Å². The van der Waals surface area contributed by atoms with Crippen LogP contribution in [-0.2, 0) is 4.79 Å². The van der Waals surface area contributed by atoms with E-state index >= 15 is 0 Å². The molecular formula is C21H26N2O2. The molecule has 0 aromatic heterocycles. The van der Waals surface area contributed by atoms with Gasteiger partial charge in [0.2, 0.25) is 5.91 Å². The van der Waals surface area contributed by atoms with Crippen molar-refractivity contribution < 1.29 is 9.59 Å². The SMILES string of the molecule is CCCC(=O)NC[C@@H](NC(=O)c1ccc(C)cc1)c1ccc(C)cc1. The summed E-state index contributed by atoms with van der Waals surface area (Å²) in [5, 5.41) is 5.94. The van der Waals surface area contributed by atoms with E-state index in [-0.39, 0.29) is 17.9 Å². The summed E-state index contributed by atoms with van der Waals surface area (Å²) in [5.74, 6) is -0.139. The molecule has 0 fully saturated rings. The van der Waals surface area contributed by atoms with Crippen LogP contribution in [0.5, 0.6) is 0 Å². The second kappa shape index (κ2) is 9.02. The molecule has 2 rings (SSSR count). The Morgan fingerprint density at radius 2 is 1.48 bits per heavy atom. The molecule has 4 heteroatoms. The van der Waals surface area contributed by atoms with Crippen molar-refractivity contribution >= 4 is 11.8 Å². The molecule has 0 saturated carbocycles. The second-order valence-electron chi connectivity index (χ2n) is 6.36. The van der Waals surface area contributed by atoms with Crippen LogP contribution in [0.4, 0.5) is 0 Å². The smallest absolute Gasteiger partial charge is 0.251 e. The Balaban J connectivity index is 2.12. The summed E-state index contributed by atoms with van der Waals surface area (Å²) in [6.07, 6.45) is 1.29. The van der Waals surface area contributed by atoms with E-state index in [1.54, 1.807) is 0 Å². The average Bonchev–Trinajstić information content (AvgIpc) is 2.60. The van der Waals surface area contributed by atoms with Crippen LogP contribution in [0.2, 0.25) is 0 Å². The van der Waals surface area contributed by atoms with Crippen LogP contribution < -0.4 is 10.6 Å². The highest BCUT2D eigenvalue weighted by Crippen LogP contribution is 2.15. The lowest BCUT2D eigenvalue weighted by Crippen LogP contribution is -2.37. The van der Waals surface area contributed by atoms with E-state index in [4.69, 9.17) is 0 Å². The Labute approximate surface area is 149 Å². The van der Waals surface area contributed by atoms with Gasteiger partial charge in [0.15, 0.2) is 0 Å². The van der Waals surface area contributed by atoms with Crippen molar-refractivity contribution in [2.75, 3.05) is 6.54 Å². The monoisotopic (exact) mass is 338 g/mol. The third-order valence-electron chi connectivity index (χ3n) is 4.08. The maximum atomic E-state index is 12.6. The lowest BCUT2D eigenvalue weighted by Gasteiger charge is -2.20. The van der Waals surface area contributed by atoms with Crippen LogP contribution in [-0.4, -0.2) is 18.4 Å². The number of hydrogen-bond donors (Lipinski definition) is 2. The molecule has 0 bridgehead atoms. The van der Waals surface area contributed by atoms with Crippen LogP contribution in [0.15, 0.2) is 48.5 Å². The third-order valence-corrected chi connectivity index (χ3v) is 4.08. The molecule has 2 aromatic rings. The van der Waals surface area contributed by atoms with Gasteiger partial charge in [-0.3, -0.25) is 9.59 Å². The number of hydrogen-bond acceptors (Lipinski definition) is 2. The van der Waals surface area contributed by atoms with Gasteiger partial charge in [0, 0.05) is 18.5 Å². The molecule has 0 radical (unpaired) electrons. The maximum Gasteiger partial charge on any atom is 0.251 e. The van der Waals surface area contributed by atoms with Crippen molar-refractivity contribution in [2.24, 2.45) is 0 Å². The highest BCUT2D eigenvalue weighted by Gasteiger charge is 2.16. The van der Waals surface area contributed by atoms with Crippen molar-refractivity contribution in [3.05, 3.63) is 70.8 Å². The van der Waals surface area contributed by atoms with Gasteiger partial charge in [0.1, 0.15) is 0 Å². The van der Waals surface area contributed by atoms with E-state index in [1.807, 2.05) is 69.3 Å². The fourth-order valence-corrected chi connectivity index (χ4v) is 2.53. The number of aryl methyl sites for hydroxylation is 2. The highest BCUT2D eigenvalue weighted by molar-refractivity contribution is 5.94. The minimum absolute atomic E-state index is 0.00389. The first-order valence-electron chi connectivity index (χ1n) is 8.70. The summed E-state index contributed by atoms with van der Waals surface area (Å²) >= 11 is 0. The molecule has 1 atom stereocenters. The zero-order chi connectivity index (χ0) is 18.2. The molecule has 0 aliphatic heterocycles. The molecule has 2 amide bonds. The minimum Gasteiger partial charge on any atom is -0.354 e. The van der Waals surface area contributed by atoms with Gasteiger partial charge >= 0.3 is 0 Å². The van der Waals surface area contributed by atoms with Crippen LogP contribution in [0.3, 0.4) is 0 Å². The van der Waals surface area contributed by atoms with E-state index < -0.39 is 0 Å². The predicted octanol–water partition coefficient (Wildman–Crippen LogP) is 3.69. The quantitative estimate of drug-likeness (QED) is 0.809. The Kier molecular flexibility index (Phi) is 6.75. The fourth-order valence-electron chi connectivity index (χ4n) is 2.53. The summed E-state index contributed by atoms with van der Waals surface area (Å²) in [4.78, 5) is 24.4. The van der Waals surface area contributed by atoms with E-state index in [1.165, 1.54) is 0 Å². The number of nitrogens with one attached hydrogen (secondary N) is 2. The molecule has 2 N–H and O–H groups in total. The van der Waals surface area contributed by atoms with E-state index in [2.05, 4.69) is 10.6 Å². The van der Waals surface area contributed by atoms with Gasteiger partial charge in [0.05, 0.1) is 6.04 Å². The van der Waals surface area contributed by atoms with Crippen molar-refractivity contribution in [3.63, 3.8) is 0 Å². The van der Waals surface area contributed by atoms with E-state index in [0.29, 0.717) is 18.5 Å². The first kappa shape index (κ1) is 18.7. The summed E-state index contributed by atoms with van der Waals surface area (Å²) < 4.78 is 0. The lowest BCUT2D eigenvalue weighted by atomic mass is 10.0. The highest BCUT2D eigenvalue weighted by atomic mass is 16.2. The molecule has 0 heterocycles. The number of benzene rings is 2. The normalized spacial score (nSPS) is 11.6. The number of rotatable bonds is 7. The maximum absolute atomic E-state index is 12.6. The average molecular weight is 338 g/mol. The van der Waals surface area contributed by atoms with Gasteiger partial charge in [-0.05, 0) is 38.0 Å². The predicted molar refractivity (Wildman–Crippen MR) is 100 cm³/mol. The standard InChI is InChI=1S/C21H26N2O2/c1-4-5-20(24)22-14-19(17-10-6-15(2)7-11-17)23-21(25)18-12-8-16(3)9-13-18/h6-13,19H,4-5,14H2,1-3H3,(H,22,24)(H,23,25)/t19-/m1/s1. The number of carbonyl (C=O) groups excluding carboxylic acids is 2. The second-order valence-corrected chi connectivity index (χ2v) is 6.36. The Bertz CT molecular complexity index is 706. The van der Waals surface area contributed by atoms with E-state index in [0.717, 1.165) is 23.1 Å². The summed E-state index contributed by atoms with van der Waals surface area (Å²) in [6, 6.07) is 15.2. The summed E-state index contributed by atoms with van der Waals surface area (Å²) in [6.45, 7) is 6.35. The summed E-state index contributed by atoms with van der Waals surface area (Å²) in [7, 11) is 0. The van der Waals surface area contributed by atoms with Crippen LogP contribution >= 0.6 is 0 Å². The van der Waals surface area contributed by atoms with Gasteiger partial charge in [-0.25, -0.2) is 0 Å². The van der Waals surface area contributed by atoms with Gasteiger partial charge < -0.3 is 10.6 Å². The number of carbonyl (C=O) groups is 2. The molecule has 0 spiro atoms. The first-order chi connectivity index (χ1) is 12.0. The molecule has 132 valence electrons. The Hall–Kier alpha value is -2.62. The van der Waals surface area contributed by atoms with Crippen molar-refractivity contribution in [3.8, 4) is 0 Å². The van der Waals surface area contributed by atoms with Gasteiger partial charge in [-0.15, -0.1) is 0 Å². The van der Waals surface area contributed by atoms with Crippen molar-refractivity contribution in [2.45, 2.75) is 39.7 Å². The molecule has 4 nitrogen and oxygen atoms in total. The van der Waals surface area contributed by atoms with Gasteiger partial charge in [0.25, 0.3) is 5.91 Å². The number of amides is 2. The zero-order valence-electron chi connectivity index (χ0n) is 15.1. The topological polar surface area (TPSA) is 58.2 Å². The molecule has 0 unspecified atom stereocenters. The zero-order valence-corrected chi connectivity index (χ0v) is 15.1. The van der Waals surface area contributed by atoms with Crippen molar-refractivity contribution in [1.29, 1.82) is 0 Å². The first-order valence-corrected chi connectivity index (χ1v) is 8.70. The molecular weight excluding hydrogens is 312 g/mol. The molecule has 2 aromatic carbocycles. The summed E-state index contributed by atoms with van der Waals surface area (Å²) in [5.41, 5.74) is 3.85. The van der Waals surface area contributed by atoms with Crippen LogP contribution in [0.25, 0.3) is 0 Å². The third kappa shape index (κ3) is 5.75. The molecule has 0 aliphatic rings. The molecule has 0 saturated heterocycles. The van der Waals surface area contributed by atoms with Gasteiger partial charge in [-0.2, -0.15) is 0 Å². The Morgan fingerprint density at radius 1 is 0.920 bits per heavy atom. The molecule has 25 heavy (non-hydrogen) atoms. The largest absolute Gasteiger partial charge is 0.354 e.